The predicted molar refractivity (Wildman–Crippen MR) is 121 cm³/mol. The summed E-state index contributed by atoms with van der Waals surface area (Å²) in [5.41, 5.74) is -0.0462. The molecule has 1 aromatic heterocycles. The van der Waals surface area contributed by atoms with Crippen LogP contribution in [0.25, 0.3) is 0 Å². The van der Waals surface area contributed by atoms with E-state index >= 15 is 0 Å². The van der Waals surface area contributed by atoms with Crippen LogP contribution in [0.3, 0.4) is 0 Å². The molecule has 0 radical (unpaired) electrons. The van der Waals surface area contributed by atoms with Gasteiger partial charge in [-0.25, -0.2) is 9.00 Å². The number of carbonyl (C=O) groups is 1. The Labute approximate surface area is 197 Å². The second-order valence-electron chi connectivity index (χ2n) is 8.04. The average molecular weight is 496 g/mol. The van der Waals surface area contributed by atoms with Crippen LogP contribution in [0.1, 0.15) is 41.1 Å². The fraction of sp³-hybridized carbons (Fsp3) is 0.292. The molecule has 10 heteroatoms. The van der Waals surface area contributed by atoms with E-state index in [1.165, 1.54) is 34.6 Å². The van der Waals surface area contributed by atoms with Gasteiger partial charge in [0, 0.05) is 6.54 Å². The molecule has 0 aliphatic rings. The van der Waals surface area contributed by atoms with Crippen LogP contribution in [0.5, 0.6) is 5.75 Å². The van der Waals surface area contributed by atoms with Crippen molar-refractivity contribution in [3.05, 3.63) is 77.0 Å². The highest BCUT2D eigenvalue weighted by Crippen LogP contribution is 2.38. The number of ether oxygens (including phenoxy) is 1. The van der Waals surface area contributed by atoms with Gasteiger partial charge in [-0.15, -0.1) is 0 Å². The molecule has 182 valence electrons. The quantitative estimate of drug-likeness (QED) is 0.390. The van der Waals surface area contributed by atoms with E-state index in [9.17, 15) is 22.2 Å². The van der Waals surface area contributed by atoms with Crippen LogP contribution in [0.2, 0.25) is 0 Å². The van der Waals surface area contributed by atoms with Crippen LogP contribution in [-0.2, 0) is 23.8 Å². The average Bonchev–Trinajstić information content (AvgIpc) is 3.21. The van der Waals surface area contributed by atoms with E-state index in [-0.39, 0.29) is 41.2 Å². The second-order valence-corrected chi connectivity index (χ2v) is 9.38. The van der Waals surface area contributed by atoms with E-state index in [0.717, 1.165) is 12.1 Å². The molecule has 0 saturated carbocycles. The van der Waals surface area contributed by atoms with Crippen molar-refractivity contribution in [3.63, 3.8) is 0 Å². The number of halogens is 3. The number of nitrogens with zero attached hydrogens (tertiary/aromatic N) is 1. The maximum Gasteiger partial charge on any atom is 0.416 e. The number of alkyl halides is 3. The van der Waals surface area contributed by atoms with Crippen LogP contribution in [0, 0.1) is 12.8 Å². The second kappa shape index (κ2) is 10.3. The lowest BCUT2D eigenvalue weighted by molar-refractivity contribution is -0.137. The summed E-state index contributed by atoms with van der Waals surface area (Å²) >= 11 is 0. The minimum Gasteiger partial charge on any atom is -0.487 e. The van der Waals surface area contributed by atoms with E-state index in [2.05, 4.69) is 0 Å². The molecule has 3 rings (SSSR count). The monoisotopic (exact) mass is 495 g/mol. The maximum absolute atomic E-state index is 13.4. The number of carboxylic acids is 1. The first-order chi connectivity index (χ1) is 16.0. The smallest absolute Gasteiger partial charge is 0.416 e. The Morgan fingerprint density at radius 2 is 1.79 bits per heavy atom. The van der Waals surface area contributed by atoms with Gasteiger partial charge in [0.2, 0.25) is 5.09 Å². The zero-order valence-corrected chi connectivity index (χ0v) is 19.6. The molecular formula is C24H24F3NO5S. The summed E-state index contributed by atoms with van der Waals surface area (Å²) in [6.07, 6.45) is -4.60. The standard InChI is InChI=1S/C24H24F3NO5S/c1-15(2)13-28(34(31)22-11-4-16(3)33-22)20-10-9-19(24(25,26)27)12-21(20)32-14-17-5-7-18(8-6-17)23(29)30/h4-12,15H,13-14H2,1-3H3,(H,29,30). The Morgan fingerprint density at radius 3 is 2.32 bits per heavy atom. The van der Waals surface area contributed by atoms with Crippen molar-refractivity contribution in [2.24, 2.45) is 5.92 Å². The van der Waals surface area contributed by atoms with Gasteiger partial charge in [-0.1, -0.05) is 26.0 Å². The number of hydrogen-bond donors (Lipinski definition) is 1. The summed E-state index contributed by atoms with van der Waals surface area (Å²) in [4.78, 5) is 11.0. The number of rotatable bonds is 9. The Balaban J connectivity index is 1.99. The molecule has 0 spiro atoms. The molecule has 1 atom stereocenters. The number of aromatic carboxylic acids is 1. The van der Waals surface area contributed by atoms with Crippen molar-refractivity contribution < 1.29 is 36.4 Å². The highest BCUT2D eigenvalue weighted by molar-refractivity contribution is 7.86. The Hall–Kier alpha value is -3.27. The zero-order chi connectivity index (χ0) is 25.0. The van der Waals surface area contributed by atoms with Crippen LogP contribution < -0.4 is 9.04 Å². The van der Waals surface area contributed by atoms with Gasteiger partial charge in [-0.3, -0.25) is 4.31 Å². The first kappa shape index (κ1) is 25.4. The van der Waals surface area contributed by atoms with Gasteiger partial charge in [0.05, 0.1) is 16.8 Å². The van der Waals surface area contributed by atoms with Crippen LogP contribution in [-0.4, -0.2) is 21.8 Å². The number of aryl methyl sites for hydroxylation is 1. The van der Waals surface area contributed by atoms with Gasteiger partial charge in [0.15, 0.2) is 11.0 Å². The first-order valence-electron chi connectivity index (χ1n) is 10.4. The third-order valence-electron chi connectivity index (χ3n) is 4.77. The molecule has 1 heterocycles. The van der Waals surface area contributed by atoms with Crippen molar-refractivity contribution in [2.75, 3.05) is 10.8 Å². The van der Waals surface area contributed by atoms with Gasteiger partial charge >= 0.3 is 12.1 Å². The Bertz CT molecular complexity index is 1170. The third-order valence-corrected chi connectivity index (χ3v) is 6.08. The van der Waals surface area contributed by atoms with Gasteiger partial charge in [-0.2, -0.15) is 13.2 Å². The molecule has 3 aromatic rings. The van der Waals surface area contributed by atoms with Crippen molar-refractivity contribution in [3.8, 4) is 5.75 Å². The predicted octanol–water partition coefficient (Wildman–Crippen LogP) is 6.07. The number of hydrogen-bond acceptors (Lipinski definition) is 4. The number of furan rings is 1. The summed E-state index contributed by atoms with van der Waals surface area (Å²) in [6.45, 7) is 5.64. The lowest BCUT2D eigenvalue weighted by Crippen LogP contribution is -2.30. The van der Waals surface area contributed by atoms with Gasteiger partial charge in [0.1, 0.15) is 18.1 Å². The minimum atomic E-state index is -4.60. The topological polar surface area (TPSA) is 80.0 Å². The molecule has 2 aromatic carbocycles. The van der Waals surface area contributed by atoms with Crippen LogP contribution in [0.4, 0.5) is 18.9 Å². The summed E-state index contributed by atoms with van der Waals surface area (Å²) in [5.74, 6) is -0.609. The van der Waals surface area contributed by atoms with Gasteiger partial charge in [-0.05, 0) is 60.9 Å². The van der Waals surface area contributed by atoms with Crippen molar-refractivity contribution in [2.45, 2.75) is 38.6 Å². The highest BCUT2D eigenvalue weighted by atomic mass is 32.2. The van der Waals surface area contributed by atoms with Crippen molar-refractivity contribution in [1.82, 2.24) is 0 Å². The fourth-order valence-corrected chi connectivity index (χ4v) is 4.49. The normalized spacial score (nSPS) is 12.6. The molecule has 6 nitrogen and oxygen atoms in total. The van der Waals surface area contributed by atoms with E-state index in [1.807, 2.05) is 13.8 Å². The molecule has 0 saturated heterocycles. The van der Waals surface area contributed by atoms with E-state index in [0.29, 0.717) is 11.3 Å². The molecule has 0 amide bonds. The summed E-state index contributed by atoms with van der Waals surface area (Å²) in [5, 5.41) is 9.20. The third kappa shape index (κ3) is 6.19. The molecule has 0 aliphatic carbocycles. The minimum absolute atomic E-state index is 0.0266. The molecular weight excluding hydrogens is 471 g/mol. The SMILES string of the molecule is Cc1ccc(S(=O)N(CC(C)C)c2ccc(C(F)(F)F)cc2OCc2ccc(C(=O)O)cc2)o1. The first-order valence-corrected chi connectivity index (χ1v) is 11.5. The lowest BCUT2D eigenvalue weighted by Gasteiger charge is -2.27. The van der Waals surface area contributed by atoms with Crippen LogP contribution in [0.15, 0.2) is 64.1 Å². The highest BCUT2D eigenvalue weighted by Gasteiger charge is 2.33. The van der Waals surface area contributed by atoms with E-state index < -0.39 is 28.7 Å². The summed E-state index contributed by atoms with van der Waals surface area (Å²) in [6, 6.07) is 12.1. The van der Waals surface area contributed by atoms with Gasteiger partial charge < -0.3 is 14.3 Å². The summed E-state index contributed by atoms with van der Waals surface area (Å²) < 4.78 is 66.3. The van der Waals surface area contributed by atoms with E-state index in [1.54, 1.807) is 19.1 Å². The Kier molecular flexibility index (Phi) is 7.71. The van der Waals surface area contributed by atoms with Gasteiger partial charge in [0.25, 0.3) is 0 Å². The maximum atomic E-state index is 13.4. The molecule has 0 bridgehead atoms. The fourth-order valence-electron chi connectivity index (χ4n) is 3.12. The zero-order valence-electron chi connectivity index (χ0n) is 18.8. The van der Waals surface area contributed by atoms with Crippen LogP contribution >= 0.6 is 0 Å². The molecule has 1 unspecified atom stereocenters. The van der Waals surface area contributed by atoms with Crippen molar-refractivity contribution >= 4 is 22.6 Å². The van der Waals surface area contributed by atoms with E-state index in [4.69, 9.17) is 14.3 Å². The number of anilines is 1. The number of benzene rings is 2. The van der Waals surface area contributed by atoms with Crippen molar-refractivity contribution in [1.29, 1.82) is 0 Å². The largest absolute Gasteiger partial charge is 0.487 e. The lowest BCUT2D eigenvalue weighted by atomic mass is 10.1. The Morgan fingerprint density at radius 1 is 1.12 bits per heavy atom. The molecule has 34 heavy (non-hydrogen) atoms. The summed E-state index contributed by atoms with van der Waals surface area (Å²) in [7, 11) is -1.83. The molecule has 0 fully saturated rings. The number of carboxylic acid groups (broad SMARTS) is 1. The molecule has 0 aliphatic heterocycles. The molecule has 1 N–H and O–H groups in total.